The fraction of sp³-hybridized carbons (Fsp3) is 0.222. The lowest BCUT2D eigenvalue weighted by molar-refractivity contribution is -0.139. The Bertz CT molecular complexity index is 841. The smallest absolute Gasteiger partial charge is 0.341 e. The molecule has 27 heavy (non-hydrogen) atoms. The average Bonchev–Trinajstić information content (AvgIpc) is 2.64. The zero-order chi connectivity index (χ0) is 20.0. The molecule has 7 nitrogen and oxygen atoms in total. The summed E-state index contributed by atoms with van der Waals surface area (Å²) in [5.74, 6) is -0.974. The van der Waals surface area contributed by atoms with Gasteiger partial charge in [-0.1, -0.05) is 0 Å². The number of halogens is 2. The predicted molar refractivity (Wildman–Crippen MR) is 112 cm³/mol. The highest BCUT2D eigenvalue weighted by atomic mass is 79.9. The molecular weight excluding hydrogens is 482 g/mol. The zero-order valence-corrected chi connectivity index (χ0v) is 17.7. The van der Waals surface area contributed by atoms with Crippen molar-refractivity contribution < 1.29 is 19.4 Å². The first-order valence-electron chi connectivity index (χ1n) is 8.02. The summed E-state index contributed by atoms with van der Waals surface area (Å²) in [4.78, 5) is 23.2. The van der Waals surface area contributed by atoms with Crippen molar-refractivity contribution in [2.24, 2.45) is 5.73 Å². The van der Waals surface area contributed by atoms with Crippen LogP contribution < -0.4 is 21.1 Å². The van der Waals surface area contributed by atoms with E-state index in [1.54, 1.807) is 25.1 Å². The molecule has 0 saturated heterocycles. The topological polar surface area (TPSA) is 114 Å². The molecule has 0 heterocycles. The van der Waals surface area contributed by atoms with Gasteiger partial charge in [0.05, 0.1) is 8.95 Å². The van der Waals surface area contributed by atoms with Gasteiger partial charge < -0.3 is 26.2 Å². The van der Waals surface area contributed by atoms with Crippen molar-refractivity contribution in [1.29, 1.82) is 0 Å². The van der Waals surface area contributed by atoms with Crippen LogP contribution in [0.2, 0.25) is 0 Å². The van der Waals surface area contributed by atoms with Crippen LogP contribution in [0.4, 0.5) is 11.4 Å². The standard InChI is InChI=1S/C18H19Br2N3O4/c1-10-14(8-13(19)17(16(10)20)27-9-15(24)25)23-18(26)11-2-4-12(5-3-11)22-7-6-21/h2-5,8,22H,6-7,9,21H2,1H3,(H,23,26)(H,24,25). The number of rotatable bonds is 8. The Balaban J connectivity index is 2.16. The molecule has 2 aromatic rings. The Morgan fingerprint density at radius 3 is 2.48 bits per heavy atom. The monoisotopic (exact) mass is 499 g/mol. The fourth-order valence-corrected chi connectivity index (χ4v) is 3.59. The average molecular weight is 501 g/mol. The van der Waals surface area contributed by atoms with Gasteiger partial charge in [-0.3, -0.25) is 4.79 Å². The first-order valence-corrected chi connectivity index (χ1v) is 9.60. The summed E-state index contributed by atoms with van der Waals surface area (Å²) < 4.78 is 6.37. The van der Waals surface area contributed by atoms with E-state index in [0.29, 0.717) is 44.6 Å². The van der Waals surface area contributed by atoms with Crippen molar-refractivity contribution in [3.8, 4) is 5.75 Å². The molecule has 0 saturated carbocycles. The number of amides is 1. The SMILES string of the molecule is Cc1c(NC(=O)c2ccc(NCCN)cc2)cc(Br)c(OCC(=O)O)c1Br. The maximum Gasteiger partial charge on any atom is 0.341 e. The lowest BCUT2D eigenvalue weighted by Gasteiger charge is -2.15. The largest absolute Gasteiger partial charge is 0.480 e. The van der Waals surface area contributed by atoms with E-state index in [4.69, 9.17) is 15.6 Å². The van der Waals surface area contributed by atoms with Gasteiger partial charge in [0.15, 0.2) is 6.61 Å². The lowest BCUT2D eigenvalue weighted by atomic mass is 10.1. The number of carbonyl (C=O) groups is 2. The van der Waals surface area contributed by atoms with Gasteiger partial charge in [-0.05, 0) is 74.7 Å². The number of carboxylic acid groups (broad SMARTS) is 1. The maximum atomic E-state index is 12.5. The third-order valence-electron chi connectivity index (χ3n) is 3.63. The van der Waals surface area contributed by atoms with E-state index in [0.717, 1.165) is 5.69 Å². The first kappa shape index (κ1) is 21.2. The van der Waals surface area contributed by atoms with Crippen LogP contribution in [0.1, 0.15) is 15.9 Å². The van der Waals surface area contributed by atoms with Crippen molar-refractivity contribution >= 4 is 55.1 Å². The lowest BCUT2D eigenvalue weighted by Crippen LogP contribution is -2.15. The molecule has 0 unspecified atom stereocenters. The second-order valence-electron chi connectivity index (χ2n) is 5.60. The highest BCUT2D eigenvalue weighted by molar-refractivity contribution is 9.11. The number of hydrogen-bond acceptors (Lipinski definition) is 5. The molecule has 9 heteroatoms. The fourth-order valence-electron chi connectivity index (χ4n) is 2.24. The first-order chi connectivity index (χ1) is 12.8. The van der Waals surface area contributed by atoms with Gasteiger partial charge >= 0.3 is 5.97 Å². The second kappa shape index (κ2) is 9.72. The molecule has 0 atom stereocenters. The van der Waals surface area contributed by atoms with Crippen LogP contribution >= 0.6 is 31.9 Å². The van der Waals surface area contributed by atoms with Gasteiger partial charge in [-0.15, -0.1) is 0 Å². The van der Waals surface area contributed by atoms with Crippen LogP contribution in [0.15, 0.2) is 39.3 Å². The summed E-state index contributed by atoms with van der Waals surface area (Å²) in [7, 11) is 0. The molecule has 0 aliphatic heterocycles. The predicted octanol–water partition coefficient (Wildman–Crippen LogP) is 3.61. The summed E-state index contributed by atoms with van der Waals surface area (Å²) >= 11 is 6.74. The Kier molecular flexibility index (Phi) is 7.64. The van der Waals surface area contributed by atoms with Gasteiger partial charge in [-0.25, -0.2) is 4.79 Å². The van der Waals surface area contributed by atoms with Gasteiger partial charge in [-0.2, -0.15) is 0 Å². The van der Waals surface area contributed by atoms with E-state index in [1.165, 1.54) is 0 Å². The van der Waals surface area contributed by atoms with E-state index in [1.807, 2.05) is 12.1 Å². The van der Waals surface area contributed by atoms with E-state index in [-0.39, 0.29) is 5.91 Å². The third-order valence-corrected chi connectivity index (χ3v) is 5.17. The molecule has 0 aliphatic carbocycles. The van der Waals surface area contributed by atoms with Crippen LogP contribution in [-0.4, -0.2) is 36.7 Å². The number of benzene rings is 2. The molecule has 0 fully saturated rings. The van der Waals surface area contributed by atoms with Crippen molar-refractivity contribution in [3.63, 3.8) is 0 Å². The normalized spacial score (nSPS) is 10.4. The number of hydrogen-bond donors (Lipinski definition) is 4. The van der Waals surface area contributed by atoms with Gasteiger partial charge in [0.1, 0.15) is 5.75 Å². The van der Waals surface area contributed by atoms with E-state index < -0.39 is 12.6 Å². The van der Waals surface area contributed by atoms with Crippen LogP contribution in [0, 0.1) is 6.92 Å². The Hall–Kier alpha value is -2.10. The molecule has 1 amide bonds. The van der Waals surface area contributed by atoms with Gasteiger partial charge in [0.25, 0.3) is 5.91 Å². The van der Waals surface area contributed by atoms with Crippen LogP contribution in [0.5, 0.6) is 5.75 Å². The highest BCUT2D eigenvalue weighted by Gasteiger charge is 2.17. The summed E-state index contributed by atoms with van der Waals surface area (Å²) in [5.41, 5.74) is 8.14. The van der Waals surface area contributed by atoms with Crippen molar-refractivity contribution in [3.05, 3.63) is 50.4 Å². The zero-order valence-electron chi connectivity index (χ0n) is 14.5. The molecular formula is C18H19Br2N3O4. The Morgan fingerprint density at radius 2 is 1.89 bits per heavy atom. The molecule has 144 valence electrons. The number of carboxylic acids is 1. The molecule has 0 bridgehead atoms. The Morgan fingerprint density at radius 1 is 1.22 bits per heavy atom. The third kappa shape index (κ3) is 5.69. The summed E-state index contributed by atoms with van der Waals surface area (Å²) in [6.45, 7) is 2.51. The maximum absolute atomic E-state index is 12.5. The number of ether oxygens (including phenoxy) is 1. The summed E-state index contributed by atoms with van der Waals surface area (Å²) in [6.07, 6.45) is 0. The number of nitrogens with two attached hydrogens (primary N) is 1. The molecule has 2 rings (SSSR count). The van der Waals surface area contributed by atoms with Crippen molar-refractivity contribution in [2.75, 3.05) is 30.3 Å². The minimum Gasteiger partial charge on any atom is -0.480 e. The van der Waals surface area contributed by atoms with E-state index in [9.17, 15) is 9.59 Å². The number of aliphatic carboxylic acids is 1. The van der Waals surface area contributed by atoms with Crippen LogP contribution in [-0.2, 0) is 4.79 Å². The van der Waals surface area contributed by atoms with Gasteiger partial charge in [0, 0.05) is 30.0 Å². The van der Waals surface area contributed by atoms with Crippen molar-refractivity contribution in [1.82, 2.24) is 0 Å². The number of anilines is 2. The van der Waals surface area contributed by atoms with E-state index >= 15 is 0 Å². The number of nitrogens with one attached hydrogen (secondary N) is 2. The van der Waals surface area contributed by atoms with Crippen LogP contribution in [0.25, 0.3) is 0 Å². The molecule has 5 N–H and O–H groups in total. The molecule has 0 radical (unpaired) electrons. The van der Waals surface area contributed by atoms with Crippen LogP contribution in [0.3, 0.4) is 0 Å². The summed E-state index contributed by atoms with van der Waals surface area (Å²) in [6, 6.07) is 8.74. The van der Waals surface area contributed by atoms with Crippen molar-refractivity contribution in [2.45, 2.75) is 6.92 Å². The number of carbonyl (C=O) groups excluding carboxylic acids is 1. The molecule has 0 aromatic heterocycles. The summed E-state index contributed by atoms with van der Waals surface area (Å²) in [5, 5.41) is 14.8. The minimum atomic E-state index is -1.08. The highest BCUT2D eigenvalue weighted by Crippen LogP contribution is 2.40. The Labute approximate surface area is 173 Å². The quantitative estimate of drug-likeness (QED) is 0.440. The second-order valence-corrected chi connectivity index (χ2v) is 7.25. The van der Waals surface area contributed by atoms with E-state index in [2.05, 4.69) is 42.5 Å². The minimum absolute atomic E-state index is 0.263. The molecule has 2 aromatic carbocycles. The molecule has 0 spiro atoms. The molecule has 0 aliphatic rings. The van der Waals surface area contributed by atoms with Gasteiger partial charge in [0.2, 0.25) is 0 Å².